The van der Waals surface area contributed by atoms with Crippen LogP contribution in [-0.4, -0.2) is 22.0 Å². The lowest BCUT2D eigenvalue weighted by atomic mass is 10.2. The second-order valence-electron chi connectivity index (χ2n) is 5.42. The Morgan fingerprint density at radius 2 is 1.88 bits per heavy atom. The standard InChI is InChI=1S/C18H17N3O2S/c1-2-11-19-16(22)12-7-9-13(10-8-12)21-17(23)14-5-3-4-6-15(14)20-18(21)24/h3-10H,2,11H2,1H3,(H,19,22)(H,20,24). The molecule has 3 rings (SSSR count). The molecule has 2 aromatic carbocycles. The van der Waals surface area contributed by atoms with Crippen molar-refractivity contribution in [1.82, 2.24) is 14.9 Å². The quantitative estimate of drug-likeness (QED) is 0.718. The molecular weight excluding hydrogens is 322 g/mol. The lowest BCUT2D eigenvalue weighted by molar-refractivity contribution is 0.0953. The van der Waals surface area contributed by atoms with Crippen LogP contribution in [0.2, 0.25) is 0 Å². The van der Waals surface area contributed by atoms with E-state index in [2.05, 4.69) is 10.3 Å². The molecule has 0 atom stereocenters. The molecule has 0 fully saturated rings. The van der Waals surface area contributed by atoms with Crippen molar-refractivity contribution in [2.75, 3.05) is 6.54 Å². The number of H-pyrrole nitrogens is 1. The number of benzene rings is 2. The molecule has 122 valence electrons. The lowest BCUT2D eigenvalue weighted by Gasteiger charge is -2.09. The molecule has 1 amide bonds. The van der Waals surface area contributed by atoms with Gasteiger partial charge in [-0.25, -0.2) is 0 Å². The van der Waals surface area contributed by atoms with Gasteiger partial charge in [0.15, 0.2) is 4.77 Å². The highest BCUT2D eigenvalue weighted by Gasteiger charge is 2.09. The van der Waals surface area contributed by atoms with Crippen LogP contribution >= 0.6 is 12.2 Å². The second kappa shape index (κ2) is 6.80. The van der Waals surface area contributed by atoms with Crippen molar-refractivity contribution in [3.8, 4) is 5.69 Å². The van der Waals surface area contributed by atoms with E-state index in [9.17, 15) is 9.59 Å². The fourth-order valence-corrected chi connectivity index (χ4v) is 2.80. The Morgan fingerprint density at radius 1 is 1.17 bits per heavy atom. The van der Waals surface area contributed by atoms with Crippen LogP contribution in [0.4, 0.5) is 0 Å². The molecule has 0 saturated heterocycles. The van der Waals surface area contributed by atoms with Crippen LogP contribution in [0.25, 0.3) is 16.6 Å². The van der Waals surface area contributed by atoms with Gasteiger partial charge < -0.3 is 10.3 Å². The molecule has 5 nitrogen and oxygen atoms in total. The van der Waals surface area contributed by atoms with Crippen molar-refractivity contribution in [2.24, 2.45) is 0 Å². The van der Waals surface area contributed by atoms with Crippen molar-refractivity contribution < 1.29 is 4.79 Å². The maximum atomic E-state index is 12.7. The summed E-state index contributed by atoms with van der Waals surface area (Å²) in [6, 6.07) is 14.1. The lowest BCUT2D eigenvalue weighted by Crippen LogP contribution is -2.24. The maximum Gasteiger partial charge on any atom is 0.266 e. The zero-order valence-electron chi connectivity index (χ0n) is 13.2. The first-order chi connectivity index (χ1) is 11.6. The third-order valence-electron chi connectivity index (χ3n) is 3.73. The minimum Gasteiger partial charge on any atom is -0.352 e. The zero-order valence-corrected chi connectivity index (χ0v) is 14.0. The van der Waals surface area contributed by atoms with Crippen molar-refractivity contribution in [2.45, 2.75) is 13.3 Å². The molecule has 0 bridgehead atoms. The van der Waals surface area contributed by atoms with E-state index >= 15 is 0 Å². The molecule has 0 aliphatic carbocycles. The van der Waals surface area contributed by atoms with Gasteiger partial charge in [0.1, 0.15) is 0 Å². The van der Waals surface area contributed by atoms with Gasteiger partial charge in [-0.15, -0.1) is 0 Å². The average molecular weight is 339 g/mol. The Bertz CT molecular complexity index is 1000. The summed E-state index contributed by atoms with van der Waals surface area (Å²) in [5.74, 6) is -0.126. The molecule has 2 N–H and O–H groups in total. The molecule has 0 aliphatic heterocycles. The number of aromatic nitrogens is 2. The number of para-hydroxylation sites is 1. The summed E-state index contributed by atoms with van der Waals surface area (Å²) in [6.45, 7) is 2.63. The minimum atomic E-state index is -0.183. The number of fused-ring (bicyclic) bond motifs is 1. The third-order valence-corrected chi connectivity index (χ3v) is 4.01. The Hall–Kier alpha value is -2.73. The van der Waals surface area contributed by atoms with E-state index in [1.54, 1.807) is 30.3 Å². The normalized spacial score (nSPS) is 10.7. The van der Waals surface area contributed by atoms with Gasteiger partial charge in [0, 0.05) is 12.1 Å². The molecule has 0 spiro atoms. The van der Waals surface area contributed by atoms with Crippen molar-refractivity contribution in [3.05, 3.63) is 69.2 Å². The number of carbonyl (C=O) groups is 1. The molecule has 0 unspecified atom stereocenters. The highest BCUT2D eigenvalue weighted by molar-refractivity contribution is 7.71. The van der Waals surface area contributed by atoms with Crippen molar-refractivity contribution in [1.29, 1.82) is 0 Å². The van der Waals surface area contributed by atoms with Crippen molar-refractivity contribution in [3.63, 3.8) is 0 Å². The summed E-state index contributed by atoms with van der Waals surface area (Å²) in [5.41, 5.74) is 1.70. The highest BCUT2D eigenvalue weighted by atomic mass is 32.1. The van der Waals surface area contributed by atoms with Crippen LogP contribution in [-0.2, 0) is 0 Å². The number of hydrogen-bond donors (Lipinski definition) is 2. The number of nitrogens with one attached hydrogen (secondary N) is 2. The third kappa shape index (κ3) is 3.00. The summed E-state index contributed by atoms with van der Waals surface area (Å²) < 4.78 is 1.76. The smallest absolute Gasteiger partial charge is 0.266 e. The average Bonchev–Trinajstić information content (AvgIpc) is 2.60. The number of amides is 1. The van der Waals surface area contributed by atoms with Gasteiger partial charge in [-0.05, 0) is 55.0 Å². The van der Waals surface area contributed by atoms with E-state index < -0.39 is 0 Å². The van der Waals surface area contributed by atoms with E-state index in [-0.39, 0.29) is 11.5 Å². The first kappa shape index (κ1) is 16.1. The van der Waals surface area contributed by atoms with E-state index in [4.69, 9.17) is 12.2 Å². The van der Waals surface area contributed by atoms with Gasteiger partial charge in [-0.2, -0.15) is 0 Å². The molecule has 1 aromatic heterocycles. The summed E-state index contributed by atoms with van der Waals surface area (Å²) in [4.78, 5) is 27.7. The van der Waals surface area contributed by atoms with Gasteiger partial charge in [0.25, 0.3) is 11.5 Å². The van der Waals surface area contributed by atoms with E-state index in [1.165, 1.54) is 4.57 Å². The first-order valence-corrected chi connectivity index (χ1v) is 8.15. The Kier molecular flexibility index (Phi) is 4.57. The fraction of sp³-hybridized carbons (Fsp3) is 0.167. The first-order valence-electron chi connectivity index (χ1n) is 7.74. The van der Waals surface area contributed by atoms with Crippen LogP contribution in [0.5, 0.6) is 0 Å². The van der Waals surface area contributed by atoms with Crippen LogP contribution in [0, 0.1) is 4.77 Å². The van der Waals surface area contributed by atoms with Gasteiger partial charge in [0.2, 0.25) is 0 Å². The molecule has 6 heteroatoms. The number of hydrogen-bond acceptors (Lipinski definition) is 3. The van der Waals surface area contributed by atoms with Gasteiger partial charge in [-0.3, -0.25) is 14.2 Å². The van der Waals surface area contributed by atoms with Crippen LogP contribution < -0.4 is 10.9 Å². The SMILES string of the molecule is CCCNC(=O)c1ccc(-n2c(=S)[nH]c3ccccc3c2=O)cc1. The Labute approximate surface area is 144 Å². The summed E-state index contributed by atoms with van der Waals surface area (Å²) in [5, 5.41) is 3.39. The van der Waals surface area contributed by atoms with Gasteiger partial charge >= 0.3 is 0 Å². The van der Waals surface area contributed by atoms with Crippen LogP contribution in [0.3, 0.4) is 0 Å². The Morgan fingerprint density at radius 3 is 2.58 bits per heavy atom. The van der Waals surface area contributed by atoms with E-state index in [0.717, 1.165) is 6.42 Å². The molecule has 0 aliphatic rings. The molecule has 3 aromatic rings. The zero-order chi connectivity index (χ0) is 17.1. The van der Waals surface area contributed by atoms with Gasteiger partial charge in [0.05, 0.1) is 16.6 Å². The number of rotatable bonds is 4. The summed E-state index contributed by atoms with van der Waals surface area (Å²) in [7, 11) is 0. The molecule has 1 heterocycles. The van der Waals surface area contributed by atoms with E-state index in [0.29, 0.717) is 33.5 Å². The van der Waals surface area contributed by atoms with E-state index in [1.807, 2.05) is 25.1 Å². The van der Waals surface area contributed by atoms with Crippen LogP contribution in [0.1, 0.15) is 23.7 Å². The topological polar surface area (TPSA) is 66.9 Å². The fourth-order valence-electron chi connectivity index (χ4n) is 2.50. The number of carbonyl (C=O) groups excluding carboxylic acids is 1. The number of aromatic amines is 1. The Balaban J connectivity index is 2.04. The molecule has 0 saturated carbocycles. The second-order valence-corrected chi connectivity index (χ2v) is 5.81. The minimum absolute atomic E-state index is 0.126. The monoisotopic (exact) mass is 339 g/mol. The molecule has 0 radical (unpaired) electrons. The predicted molar refractivity (Wildman–Crippen MR) is 97.4 cm³/mol. The number of nitrogens with zero attached hydrogens (tertiary/aromatic N) is 1. The highest BCUT2D eigenvalue weighted by Crippen LogP contribution is 2.12. The van der Waals surface area contributed by atoms with Crippen LogP contribution in [0.15, 0.2) is 53.3 Å². The maximum absolute atomic E-state index is 12.7. The molecule has 24 heavy (non-hydrogen) atoms. The predicted octanol–water partition coefficient (Wildman–Crippen LogP) is 3.19. The van der Waals surface area contributed by atoms with Gasteiger partial charge in [-0.1, -0.05) is 19.1 Å². The molecular formula is C18H17N3O2S. The largest absolute Gasteiger partial charge is 0.352 e. The summed E-state index contributed by atoms with van der Waals surface area (Å²) >= 11 is 5.32. The van der Waals surface area contributed by atoms with Crippen molar-refractivity contribution >= 4 is 29.0 Å². The summed E-state index contributed by atoms with van der Waals surface area (Å²) in [6.07, 6.45) is 0.880.